The van der Waals surface area contributed by atoms with Gasteiger partial charge in [0.1, 0.15) is 36.0 Å². The van der Waals surface area contributed by atoms with Gasteiger partial charge in [0.25, 0.3) is 0 Å². The smallest absolute Gasteiger partial charge is 0.326 e. The van der Waals surface area contributed by atoms with Crippen molar-refractivity contribution >= 4 is 47.3 Å². The molecule has 0 radical (unpaired) electrons. The second-order valence-corrected chi connectivity index (χ2v) is 10.9. The van der Waals surface area contributed by atoms with Crippen molar-refractivity contribution in [3.8, 4) is 5.75 Å². The van der Waals surface area contributed by atoms with Crippen LogP contribution in [0.4, 0.5) is 0 Å². The molecule has 1 heterocycles. The molecule has 11 N–H and O–H groups in total. The number of thioether (sulfide) groups is 1. The van der Waals surface area contributed by atoms with E-state index in [-0.39, 0.29) is 25.0 Å². The summed E-state index contributed by atoms with van der Waals surface area (Å²) in [6.07, 6.45) is 3.33. The van der Waals surface area contributed by atoms with E-state index in [1.807, 2.05) is 0 Å². The Kier molecular flexibility index (Phi) is 14.8. The molecule has 0 aliphatic heterocycles. The first-order valence-electron chi connectivity index (χ1n) is 13.6. The highest BCUT2D eigenvalue weighted by Crippen LogP contribution is 2.12. The van der Waals surface area contributed by atoms with Gasteiger partial charge in [0, 0.05) is 24.7 Å². The number of nitrogens with two attached hydrogens (primary N) is 1. The highest BCUT2D eigenvalue weighted by Gasteiger charge is 2.33. The summed E-state index contributed by atoms with van der Waals surface area (Å²) in [5.41, 5.74) is 6.47. The second kappa shape index (κ2) is 18.2. The highest BCUT2D eigenvalue weighted by atomic mass is 32.2. The highest BCUT2D eigenvalue weighted by molar-refractivity contribution is 7.98. The summed E-state index contributed by atoms with van der Waals surface area (Å²) in [6.45, 7) is -0.729. The van der Waals surface area contributed by atoms with Crippen molar-refractivity contribution < 1.29 is 49.2 Å². The largest absolute Gasteiger partial charge is 0.508 e. The Morgan fingerprint density at radius 2 is 1.44 bits per heavy atom. The number of aliphatic carboxylic acids is 2. The van der Waals surface area contributed by atoms with Crippen LogP contribution in [0.2, 0.25) is 0 Å². The first-order valence-corrected chi connectivity index (χ1v) is 15.0. The van der Waals surface area contributed by atoms with Crippen molar-refractivity contribution in [2.75, 3.05) is 18.6 Å². The average Bonchev–Trinajstić information content (AvgIpc) is 3.51. The number of nitrogens with one attached hydrogen (secondary N) is 5. The Balaban J connectivity index is 2.25. The van der Waals surface area contributed by atoms with E-state index in [9.17, 15) is 49.2 Å². The summed E-state index contributed by atoms with van der Waals surface area (Å²) in [6, 6.07) is -1.53. The minimum absolute atomic E-state index is 0.0431. The molecule has 0 aliphatic carbocycles. The maximum atomic E-state index is 13.3. The van der Waals surface area contributed by atoms with Gasteiger partial charge in [0.15, 0.2) is 0 Å². The van der Waals surface area contributed by atoms with E-state index >= 15 is 0 Å². The van der Waals surface area contributed by atoms with Crippen LogP contribution in [0.1, 0.15) is 24.1 Å². The molecule has 0 unspecified atom stereocenters. The van der Waals surface area contributed by atoms with Crippen LogP contribution in [-0.2, 0) is 41.6 Å². The molecule has 45 heavy (non-hydrogen) atoms. The van der Waals surface area contributed by atoms with E-state index < -0.39 is 78.8 Å². The molecule has 4 amide bonds. The number of amides is 4. The van der Waals surface area contributed by atoms with E-state index in [1.165, 1.54) is 48.6 Å². The molecule has 1 aromatic carbocycles. The fourth-order valence-corrected chi connectivity index (χ4v) is 4.43. The number of nitrogens with zero attached hydrogens (tertiary/aromatic N) is 1. The first kappa shape index (κ1) is 36.5. The lowest BCUT2D eigenvalue weighted by Gasteiger charge is -2.26. The fraction of sp³-hybridized carbons (Fsp3) is 0.444. The number of imidazole rings is 1. The Hall–Kier alpha value is -4.68. The molecular weight excluding hydrogens is 614 g/mol. The number of benzene rings is 1. The number of H-pyrrole nitrogens is 1. The number of phenols is 1. The number of hydrogen-bond donors (Lipinski definition) is 10. The third-order valence-electron chi connectivity index (χ3n) is 6.39. The summed E-state index contributed by atoms with van der Waals surface area (Å²) in [7, 11) is 0. The Bertz CT molecular complexity index is 1310. The normalized spacial score (nSPS) is 14.2. The molecule has 246 valence electrons. The van der Waals surface area contributed by atoms with Gasteiger partial charge < -0.3 is 52.4 Å². The van der Waals surface area contributed by atoms with Crippen LogP contribution >= 0.6 is 11.8 Å². The molecular formula is C27H37N7O10S. The van der Waals surface area contributed by atoms with Gasteiger partial charge in [0.2, 0.25) is 23.6 Å². The molecule has 0 fully saturated rings. The van der Waals surface area contributed by atoms with Crippen LogP contribution in [0.5, 0.6) is 5.75 Å². The number of aromatic nitrogens is 2. The zero-order valence-corrected chi connectivity index (χ0v) is 25.1. The lowest BCUT2D eigenvalue weighted by Crippen LogP contribution is -2.59. The molecule has 0 saturated carbocycles. The summed E-state index contributed by atoms with van der Waals surface area (Å²) in [5, 5.41) is 47.3. The minimum atomic E-state index is -1.72. The molecule has 0 saturated heterocycles. The lowest BCUT2D eigenvalue weighted by atomic mass is 10.0. The number of aliphatic hydroxyl groups excluding tert-OH is 1. The van der Waals surface area contributed by atoms with Crippen LogP contribution in [-0.4, -0.2) is 115 Å². The van der Waals surface area contributed by atoms with E-state index in [4.69, 9.17) is 5.73 Å². The number of carboxylic acids is 2. The molecule has 17 nitrogen and oxygen atoms in total. The number of aromatic amines is 1. The predicted octanol–water partition coefficient (Wildman–Crippen LogP) is -2.53. The Labute approximate surface area is 261 Å². The molecule has 0 aliphatic rings. The topological polar surface area (TPSA) is 286 Å². The molecule has 5 atom stereocenters. The molecule has 1 aromatic heterocycles. The number of phenolic OH excluding ortho intramolecular Hbond substituents is 1. The first-order chi connectivity index (χ1) is 21.3. The van der Waals surface area contributed by atoms with Crippen molar-refractivity contribution in [2.45, 2.75) is 55.9 Å². The monoisotopic (exact) mass is 651 g/mol. The molecule has 18 heteroatoms. The summed E-state index contributed by atoms with van der Waals surface area (Å²) in [5.74, 6) is -6.27. The maximum absolute atomic E-state index is 13.3. The van der Waals surface area contributed by atoms with Crippen LogP contribution < -0.4 is 27.0 Å². The summed E-state index contributed by atoms with van der Waals surface area (Å²) >= 11 is 1.34. The fourth-order valence-electron chi connectivity index (χ4n) is 3.96. The van der Waals surface area contributed by atoms with Gasteiger partial charge in [-0.05, 0) is 36.1 Å². The van der Waals surface area contributed by atoms with Crippen molar-refractivity contribution in [1.82, 2.24) is 31.2 Å². The molecule has 0 bridgehead atoms. The number of aliphatic hydroxyl groups is 1. The van der Waals surface area contributed by atoms with E-state index in [0.717, 1.165) is 0 Å². The minimum Gasteiger partial charge on any atom is -0.508 e. The van der Waals surface area contributed by atoms with Crippen molar-refractivity contribution in [1.29, 1.82) is 0 Å². The zero-order valence-electron chi connectivity index (χ0n) is 24.3. The number of hydrogen-bond acceptors (Lipinski definition) is 11. The van der Waals surface area contributed by atoms with Crippen LogP contribution in [0, 0.1) is 0 Å². The van der Waals surface area contributed by atoms with Crippen molar-refractivity contribution in [2.24, 2.45) is 5.73 Å². The summed E-state index contributed by atoms with van der Waals surface area (Å²) in [4.78, 5) is 82.1. The van der Waals surface area contributed by atoms with E-state index in [1.54, 1.807) is 6.26 Å². The third-order valence-corrected chi connectivity index (χ3v) is 7.04. The SMILES string of the molecule is CSCC[C@H](NC(=O)[C@H](CC(=O)O)NC(=O)[C@H](Cc1ccc(O)cc1)NC(=O)[C@@H](N)CO)C(=O)N[C@@H](Cc1cnc[nH]1)C(=O)O. The van der Waals surface area contributed by atoms with Gasteiger partial charge in [-0.1, -0.05) is 12.1 Å². The van der Waals surface area contributed by atoms with Gasteiger partial charge in [0.05, 0.1) is 19.4 Å². The zero-order chi connectivity index (χ0) is 33.5. The van der Waals surface area contributed by atoms with E-state index in [0.29, 0.717) is 17.0 Å². The number of carbonyl (C=O) groups is 6. The number of carbonyl (C=O) groups excluding carboxylic acids is 4. The number of aromatic hydroxyl groups is 1. The van der Waals surface area contributed by atoms with Crippen LogP contribution in [0.25, 0.3) is 0 Å². The van der Waals surface area contributed by atoms with Crippen molar-refractivity contribution in [3.63, 3.8) is 0 Å². The van der Waals surface area contributed by atoms with Gasteiger partial charge >= 0.3 is 11.9 Å². The lowest BCUT2D eigenvalue weighted by molar-refractivity contribution is -0.143. The summed E-state index contributed by atoms with van der Waals surface area (Å²) < 4.78 is 0. The number of rotatable bonds is 19. The van der Waals surface area contributed by atoms with Gasteiger partial charge in [-0.15, -0.1) is 0 Å². The third kappa shape index (κ3) is 12.5. The van der Waals surface area contributed by atoms with Gasteiger partial charge in [-0.3, -0.25) is 24.0 Å². The van der Waals surface area contributed by atoms with Crippen LogP contribution in [0.15, 0.2) is 36.8 Å². The quantitative estimate of drug-likeness (QED) is 0.0751. The van der Waals surface area contributed by atoms with Gasteiger partial charge in [-0.2, -0.15) is 11.8 Å². The predicted molar refractivity (Wildman–Crippen MR) is 160 cm³/mol. The van der Waals surface area contributed by atoms with Crippen LogP contribution in [0.3, 0.4) is 0 Å². The number of carboxylic acid groups (broad SMARTS) is 2. The average molecular weight is 652 g/mol. The van der Waals surface area contributed by atoms with Gasteiger partial charge in [-0.25, -0.2) is 9.78 Å². The molecule has 2 rings (SSSR count). The maximum Gasteiger partial charge on any atom is 0.326 e. The molecule has 2 aromatic rings. The Morgan fingerprint density at radius 3 is 2.00 bits per heavy atom. The van der Waals surface area contributed by atoms with Crippen molar-refractivity contribution in [3.05, 3.63) is 48.0 Å². The Morgan fingerprint density at radius 1 is 0.867 bits per heavy atom. The van der Waals surface area contributed by atoms with E-state index in [2.05, 4.69) is 31.2 Å². The molecule has 0 spiro atoms. The second-order valence-electron chi connectivity index (χ2n) is 9.90. The standard InChI is InChI=1S/C27H37N7O10S/c1-45-7-6-18(24(40)34-21(27(43)44)9-15-11-29-13-30-15)31-26(42)20(10-22(37)38)33-25(41)19(32-23(39)17(28)12-35)8-14-2-4-16(36)5-3-14/h2-5,11,13,17-21,35-36H,6-10,12,28H2,1H3,(H,29,30)(H,31,42)(H,32,39)(H,33,41)(H,34,40)(H,37,38)(H,43,44)/t17-,18-,19-,20-,21-/m0/s1.